The minimum Gasteiger partial charge on any atom is -0.384 e. The molecule has 1 amide bonds. The molecule has 0 saturated carbocycles. The number of nitrogens with one attached hydrogen (secondary N) is 2. The standard InChI is InChI=1S/C19H21F3N2O/c1-13(2)14-7-9-15(10-8-14)24-18(25)11-12-23-17-6-4-3-5-16(17)19(20,21)22/h3-10,13,23H,11-12H2,1-2H3,(H,24,25). The fourth-order valence-corrected chi connectivity index (χ4v) is 2.37. The molecule has 0 bridgehead atoms. The molecule has 0 atom stereocenters. The Morgan fingerprint density at radius 1 is 1.04 bits per heavy atom. The minimum atomic E-state index is -4.43. The van der Waals surface area contributed by atoms with E-state index in [1.165, 1.54) is 23.8 Å². The molecule has 2 rings (SSSR count). The maximum atomic E-state index is 12.9. The minimum absolute atomic E-state index is 0.0240. The van der Waals surface area contributed by atoms with Crippen LogP contribution in [0.4, 0.5) is 24.5 Å². The molecule has 25 heavy (non-hydrogen) atoms. The molecule has 0 radical (unpaired) electrons. The highest BCUT2D eigenvalue weighted by Gasteiger charge is 2.32. The number of carbonyl (C=O) groups excluding carboxylic acids is 1. The van der Waals surface area contributed by atoms with Gasteiger partial charge in [-0.3, -0.25) is 4.79 Å². The fraction of sp³-hybridized carbons (Fsp3) is 0.316. The molecule has 0 aliphatic carbocycles. The SMILES string of the molecule is CC(C)c1ccc(NC(=O)CCNc2ccccc2C(F)(F)F)cc1. The van der Waals surface area contributed by atoms with Crippen molar-refractivity contribution >= 4 is 17.3 Å². The van der Waals surface area contributed by atoms with Crippen LogP contribution in [0.2, 0.25) is 0 Å². The molecular weight excluding hydrogens is 329 g/mol. The van der Waals surface area contributed by atoms with Gasteiger partial charge >= 0.3 is 6.18 Å². The zero-order chi connectivity index (χ0) is 18.4. The average molecular weight is 350 g/mol. The van der Waals surface area contributed by atoms with Crippen molar-refractivity contribution in [2.75, 3.05) is 17.2 Å². The van der Waals surface area contributed by atoms with Crippen LogP contribution in [0.5, 0.6) is 0 Å². The van der Waals surface area contributed by atoms with E-state index in [0.717, 1.165) is 6.07 Å². The molecule has 2 N–H and O–H groups in total. The second-order valence-electron chi connectivity index (χ2n) is 6.05. The Morgan fingerprint density at radius 2 is 1.68 bits per heavy atom. The van der Waals surface area contributed by atoms with E-state index in [4.69, 9.17) is 0 Å². The second-order valence-corrected chi connectivity index (χ2v) is 6.05. The van der Waals surface area contributed by atoms with Gasteiger partial charge in [0, 0.05) is 24.3 Å². The Morgan fingerprint density at radius 3 is 2.28 bits per heavy atom. The third-order valence-corrected chi connectivity index (χ3v) is 3.76. The third-order valence-electron chi connectivity index (χ3n) is 3.76. The van der Waals surface area contributed by atoms with Crippen molar-refractivity contribution in [1.29, 1.82) is 0 Å². The Balaban J connectivity index is 1.87. The first-order chi connectivity index (χ1) is 11.8. The van der Waals surface area contributed by atoms with Gasteiger partial charge in [-0.15, -0.1) is 0 Å². The highest BCUT2D eigenvalue weighted by atomic mass is 19.4. The predicted octanol–water partition coefficient (Wildman–Crippen LogP) is 5.27. The van der Waals surface area contributed by atoms with Gasteiger partial charge in [-0.2, -0.15) is 13.2 Å². The van der Waals surface area contributed by atoms with Crippen molar-refractivity contribution in [2.24, 2.45) is 0 Å². The molecule has 6 heteroatoms. The number of amides is 1. The summed E-state index contributed by atoms with van der Waals surface area (Å²) in [6, 6.07) is 12.7. The van der Waals surface area contributed by atoms with Crippen molar-refractivity contribution in [3.63, 3.8) is 0 Å². The Bertz CT molecular complexity index is 709. The Labute approximate surface area is 145 Å². The number of halogens is 3. The number of hydrogen-bond acceptors (Lipinski definition) is 2. The monoisotopic (exact) mass is 350 g/mol. The van der Waals surface area contributed by atoms with Gasteiger partial charge in [-0.1, -0.05) is 38.1 Å². The summed E-state index contributed by atoms with van der Waals surface area (Å²) >= 11 is 0. The zero-order valence-corrected chi connectivity index (χ0v) is 14.2. The molecule has 2 aromatic rings. The summed E-state index contributed by atoms with van der Waals surface area (Å²) in [7, 11) is 0. The highest BCUT2D eigenvalue weighted by Crippen LogP contribution is 2.34. The highest BCUT2D eigenvalue weighted by molar-refractivity contribution is 5.91. The second kappa shape index (κ2) is 8.05. The first-order valence-corrected chi connectivity index (χ1v) is 8.07. The van der Waals surface area contributed by atoms with Crippen LogP contribution in [0.15, 0.2) is 48.5 Å². The molecule has 0 fully saturated rings. The summed E-state index contributed by atoms with van der Waals surface area (Å²) in [4.78, 5) is 11.9. The number of anilines is 2. The van der Waals surface area contributed by atoms with Crippen molar-refractivity contribution in [1.82, 2.24) is 0 Å². The molecule has 0 aliphatic rings. The van der Waals surface area contributed by atoms with Crippen molar-refractivity contribution in [3.05, 3.63) is 59.7 Å². The first kappa shape index (κ1) is 18.8. The topological polar surface area (TPSA) is 41.1 Å². The summed E-state index contributed by atoms with van der Waals surface area (Å²) in [5.74, 6) is 0.150. The predicted molar refractivity (Wildman–Crippen MR) is 93.7 cm³/mol. The van der Waals surface area contributed by atoms with Crippen LogP contribution in [0.1, 0.15) is 37.3 Å². The number of para-hydroxylation sites is 1. The molecule has 0 aromatic heterocycles. The van der Waals surface area contributed by atoms with Gasteiger partial charge < -0.3 is 10.6 Å². The summed E-state index contributed by atoms with van der Waals surface area (Å²) in [6.45, 7) is 4.28. The molecule has 0 spiro atoms. The number of carbonyl (C=O) groups is 1. The van der Waals surface area contributed by atoms with Gasteiger partial charge in [0.15, 0.2) is 0 Å². The molecular formula is C19H21F3N2O. The lowest BCUT2D eigenvalue weighted by molar-refractivity contribution is -0.137. The van der Waals surface area contributed by atoms with Gasteiger partial charge in [-0.25, -0.2) is 0 Å². The van der Waals surface area contributed by atoms with E-state index in [2.05, 4.69) is 24.5 Å². The Hall–Kier alpha value is -2.50. The maximum absolute atomic E-state index is 12.9. The molecule has 134 valence electrons. The van der Waals surface area contributed by atoms with E-state index in [1.54, 1.807) is 0 Å². The maximum Gasteiger partial charge on any atom is 0.418 e. The Kier molecular flexibility index (Phi) is 6.07. The normalized spacial score (nSPS) is 11.4. The molecule has 0 heterocycles. The van der Waals surface area contributed by atoms with Crippen LogP contribution >= 0.6 is 0 Å². The van der Waals surface area contributed by atoms with E-state index >= 15 is 0 Å². The van der Waals surface area contributed by atoms with E-state index in [0.29, 0.717) is 11.6 Å². The van der Waals surface area contributed by atoms with E-state index in [9.17, 15) is 18.0 Å². The van der Waals surface area contributed by atoms with E-state index in [-0.39, 0.29) is 24.6 Å². The lowest BCUT2D eigenvalue weighted by atomic mass is 10.0. The van der Waals surface area contributed by atoms with Gasteiger partial charge in [0.05, 0.1) is 5.56 Å². The summed E-state index contributed by atoms with van der Waals surface area (Å²) in [5.41, 5.74) is 1.08. The van der Waals surface area contributed by atoms with Crippen LogP contribution in [0.3, 0.4) is 0 Å². The fourth-order valence-electron chi connectivity index (χ4n) is 2.37. The van der Waals surface area contributed by atoms with Gasteiger partial charge in [0.2, 0.25) is 5.91 Å². The molecule has 0 unspecified atom stereocenters. The van der Waals surface area contributed by atoms with Gasteiger partial charge in [-0.05, 0) is 35.7 Å². The average Bonchev–Trinajstić information content (AvgIpc) is 2.55. The third kappa shape index (κ3) is 5.52. The molecule has 0 saturated heterocycles. The smallest absolute Gasteiger partial charge is 0.384 e. The largest absolute Gasteiger partial charge is 0.418 e. The van der Waals surface area contributed by atoms with Crippen molar-refractivity contribution in [2.45, 2.75) is 32.4 Å². The van der Waals surface area contributed by atoms with Crippen molar-refractivity contribution in [3.8, 4) is 0 Å². The van der Waals surface area contributed by atoms with Crippen LogP contribution in [-0.2, 0) is 11.0 Å². The first-order valence-electron chi connectivity index (χ1n) is 8.07. The number of alkyl halides is 3. The molecule has 2 aromatic carbocycles. The number of hydrogen-bond donors (Lipinski definition) is 2. The quantitative estimate of drug-likeness (QED) is 0.745. The van der Waals surface area contributed by atoms with Crippen LogP contribution in [-0.4, -0.2) is 12.5 Å². The number of rotatable bonds is 6. The summed E-state index contributed by atoms with van der Waals surface area (Å²) in [6.07, 6.45) is -4.36. The van der Waals surface area contributed by atoms with Crippen LogP contribution in [0.25, 0.3) is 0 Å². The molecule has 3 nitrogen and oxygen atoms in total. The number of benzene rings is 2. The van der Waals surface area contributed by atoms with E-state index in [1.807, 2.05) is 24.3 Å². The van der Waals surface area contributed by atoms with Gasteiger partial charge in [0.25, 0.3) is 0 Å². The van der Waals surface area contributed by atoms with Crippen LogP contribution in [0, 0.1) is 0 Å². The lowest BCUT2D eigenvalue weighted by Gasteiger charge is -2.14. The summed E-state index contributed by atoms with van der Waals surface area (Å²) in [5, 5.41) is 5.42. The lowest BCUT2D eigenvalue weighted by Crippen LogP contribution is -2.17. The molecule has 0 aliphatic heterocycles. The summed E-state index contributed by atoms with van der Waals surface area (Å²) < 4.78 is 38.7. The zero-order valence-electron chi connectivity index (χ0n) is 14.2. The van der Waals surface area contributed by atoms with E-state index < -0.39 is 11.7 Å². The van der Waals surface area contributed by atoms with Crippen molar-refractivity contribution < 1.29 is 18.0 Å². The van der Waals surface area contributed by atoms with Crippen LogP contribution < -0.4 is 10.6 Å². The van der Waals surface area contributed by atoms with Gasteiger partial charge in [0.1, 0.15) is 0 Å².